The monoisotopic (exact) mass is 461 g/mol. The zero-order valence-corrected chi connectivity index (χ0v) is 19.7. The van der Waals surface area contributed by atoms with Crippen molar-refractivity contribution in [3.63, 3.8) is 0 Å². The summed E-state index contributed by atoms with van der Waals surface area (Å²) in [4.78, 5) is 12.2. The van der Waals surface area contributed by atoms with E-state index in [1.807, 2.05) is 31.2 Å². The lowest BCUT2D eigenvalue weighted by Gasteiger charge is -2.27. The summed E-state index contributed by atoms with van der Waals surface area (Å²) in [6, 6.07) is 17.8. The van der Waals surface area contributed by atoms with E-state index in [1.165, 1.54) is 24.8 Å². The number of ether oxygens (including phenoxy) is 2. The predicted octanol–water partition coefficient (Wildman–Crippen LogP) is 5.05. The maximum absolute atomic E-state index is 13.3. The Hall–Kier alpha value is -3.71. The quantitative estimate of drug-likeness (QED) is 0.399. The molecule has 2 unspecified atom stereocenters. The first-order chi connectivity index (χ1) is 16.4. The molecule has 3 aromatic carbocycles. The molecule has 6 nitrogen and oxygen atoms in total. The highest BCUT2D eigenvalue weighted by atomic mass is 19.1. The van der Waals surface area contributed by atoms with Gasteiger partial charge in [0.25, 0.3) is 0 Å². The van der Waals surface area contributed by atoms with E-state index in [0.717, 1.165) is 27.7 Å². The van der Waals surface area contributed by atoms with Crippen molar-refractivity contribution in [2.45, 2.75) is 32.9 Å². The average Bonchev–Trinajstić information content (AvgIpc) is 3.23. The van der Waals surface area contributed by atoms with E-state index in [-0.39, 0.29) is 24.4 Å². The number of aryl methyl sites for hydroxylation is 2. The SMILES string of the molecule is COCC(=O)NC(C)C(Oc1ccc2c(cnn2-c2ccc(F)cc2)c1)c1ccc(C)c(C)c1. The van der Waals surface area contributed by atoms with Crippen LogP contribution in [-0.2, 0) is 9.53 Å². The van der Waals surface area contributed by atoms with E-state index in [1.54, 1.807) is 23.0 Å². The fourth-order valence-corrected chi connectivity index (χ4v) is 3.92. The Kier molecular flexibility index (Phi) is 6.93. The molecule has 0 aliphatic heterocycles. The summed E-state index contributed by atoms with van der Waals surface area (Å²) in [5, 5.41) is 8.31. The van der Waals surface area contributed by atoms with Crippen LogP contribution < -0.4 is 10.1 Å². The molecular formula is C27H28FN3O3. The number of methoxy groups -OCH3 is 1. The summed E-state index contributed by atoms with van der Waals surface area (Å²) in [6.07, 6.45) is 1.34. The number of fused-ring (bicyclic) bond motifs is 1. The topological polar surface area (TPSA) is 65.4 Å². The molecule has 176 valence electrons. The zero-order valence-electron chi connectivity index (χ0n) is 19.7. The van der Waals surface area contributed by atoms with Crippen LogP contribution in [-0.4, -0.2) is 35.4 Å². The Morgan fingerprint density at radius 2 is 1.82 bits per heavy atom. The van der Waals surface area contributed by atoms with Gasteiger partial charge in [-0.1, -0.05) is 18.2 Å². The molecule has 0 bridgehead atoms. The number of amides is 1. The largest absolute Gasteiger partial charge is 0.484 e. The Morgan fingerprint density at radius 1 is 1.06 bits per heavy atom. The first-order valence-electron chi connectivity index (χ1n) is 11.1. The van der Waals surface area contributed by atoms with Gasteiger partial charge in [0, 0.05) is 12.5 Å². The lowest BCUT2D eigenvalue weighted by molar-refractivity contribution is -0.126. The van der Waals surface area contributed by atoms with Crippen molar-refractivity contribution >= 4 is 16.8 Å². The smallest absolute Gasteiger partial charge is 0.246 e. The summed E-state index contributed by atoms with van der Waals surface area (Å²) in [6.45, 7) is 6.02. The number of aromatic nitrogens is 2. The standard InChI is InChI=1S/C27H28FN3O3/c1-17-5-6-20(13-18(17)2)27(19(3)30-26(32)16-33-4)34-24-11-12-25-21(14-24)15-29-31(25)23-9-7-22(28)8-10-23/h5-15,19,27H,16H2,1-4H3,(H,30,32). The van der Waals surface area contributed by atoms with Crippen molar-refractivity contribution in [3.8, 4) is 11.4 Å². The normalized spacial score (nSPS) is 13.0. The third kappa shape index (κ3) is 5.10. The van der Waals surface area contributed by atoms with Gasteiger partial charge in [-0.15, -0.1) is 0 Å². The van der Waals surface area contributed by atoms with Gasteiger partial charge in [-0.2, -0.15) is 5.10 Å². The molecule has 0 saturated heterocycles. The van der Waals surface area contributed by atoms with Crippen LogP contribution >= 0.6 is 0 Å². The second-order valence-electron chi connectivity index (χ2n) is 8.42. The highest BCUT2D eigenvalue weighted by molar-refractivity contribution is 5.82. The summed E-state index contributed by atoms with van der Waals surface area (Å²) >= 11 is 0. The number of halogens is 1. The summed E-state index contributed by atoms with van der Waals surface area (Å²) in [5.74, 6) is 0.158. The second-order valence-corrected chi connectivity index (χ2v) is 8.42. The second kappa shape index (κ2) is 10.1. The molecule has 0 saturated carbocycles. The average molecular weight is 462 g/mol. The van der Waals surface area contributed by atoms with Crippen molar-refractivity contribution in [1.82, 2.24) is 15.1 Å². The molecule has 1 amide bonds. The molecule has 0 aliphatic carbocycles. The van der Waals surface area contributed by atoms with Crippen molar-refractivity contribution in [3.05, 3.63) is 89.4 Å². The molecule has 0 spiro atoms. The first-order valence-corrected chi connectivity index (χ1v) is 11.1. The van der Waals surface area contributed by atoms with Crippen molar-refractivity contribution in [2.24, 2.45) is 0 Å². The van der Waals surface area contributed by atoms with E-state index in [4.69, 9.17) is 9.47 Å². The molecule has 1 heterocycles. The molecule has 0 aliphatic rings. The summed E-state index contributed by atoms with van der Waals surface area (Å²) in [5.41, 5.74) is 4.96. The lowest BCUT2D eigenvalue weighted by Crippen LogP contribution is -2.40. The highest BCUT2D eigenvalue weighted by Gasteiger charge is 2.24. The van der Waals surface area contributed by atoms with Crippen LogP contribution in [0.25, 0.3) is 16.6 Å². The maximum atomic E-state index is 13.3. The molecule has 4 rings (SSSR count). The minimum atomic E-state index is -0.412. The van der Waals surface area contributed by atoms with Crippen molar-refractivity contribution in [1.29, 1.82) is 0 Å². The van der Waals surface area contributed by atoms with Crippen LogP contribution in [0.5, 0.6) is 5.75 Å². The van der Waals surface area contributed by atoms with E-state index in [9.17, 15) is 9.18 Å². The van der Waals surface area contributed by atoms with E-state index < -0.39 is 6.10 Å². The zero-order chi connectivity index (χ0) is 24.2. The Bertz CT molecular complexity index is 1300. The van der Waals surface area contributed by atoms with Gasteiger partial charge in [-0.25, -0.2) is 9.07 Å². The van der Waals surface area contributed by atoms with Crippen LogP contribution in [0.1, 0.15) is 29.7 Å². The number of hydrogen-bond donors (Lipinski definition) is 1. The Balaban J connectivity index is 1.64. The van der Waals surface area contributed by atoms with Crippen molar-refractivity contribution < 1.29 is 18.7 Å². The van der Waals surface area contributed by atoms with Gasteiger partial charge in [0.05, 0.1) is 23.4 Å². The van der Waals surface area contributed by atoms with Gasteiger partial charge in [0.2, 0.25) is 5.91 Å². The fourth-order valence-electron chi connectivity index (χ4n) is 3.92. The number of benzene rings is 3. The third-order valence-electron chi connectivity index (χ3n) is 5.85. The molecule has 2 atom stereocenters. The molecule has 1 N–H and O–H groups in total. The predicted molar refractivity (Wildman–Crippen MR) is 130 cm³/mol. The van der Waals surface area contributed by atoms with Gasteiger partial charge in [-0.05, 0) is 79.9 Å². The molecule has 4 aromatic rings. The molecule has 1 aromatic heterocycles. The number of hydrogen-bond acceptors (Lipinski definition) is 4. The summed E-state index contributed by atoms with van der Waals surface area (Å²) < 4.78 is 26.5. The van der Waals surface area contributed by atoms with E-state index >= 15 is 0 Å². The number of nitrogens with zero attached hydrogens (tertiary/aromatic N) is 2. The Labute approximate surface area is 198 Å². The van der Waals surface area contributed by atoms with E-state index in [2.05, 4.69) is 36.4 Å². The number of nitrogens with one attached hydrogen (secondary N) is 1. The van der Waals surface area contributed by atoms with Gasteiger partial charge >= 0.3 is 0 Å². The molecule has 0 radical (unpaired) electrons. The van der Waals surface area contributed by atoms with Gasteiger partial charge < -0.3 is 14.8 Å². The van der Waals surface area contributed by atoms with Crippen molar-refractivity contribution in [2.75, 3.05) is 13.7 Å². The summed E-state index contributed by atoms with van der Waals surface area (Å²) in [7, 11) is 1.49. The van der Waals surface area contributed by atoms with Gasteiger partial charge in [-0.3, -0.25) is 4.79 Å². The first kappa shape index (κ1) is 23.4. The molecule has 0 fully saturated rings. The van der Waals surface area contributed by atoms with Gasteiger partial charge in [0.15, 0.2) is 0 Å². The maximum Gasteiger partial charge on any atom is 0.246 e. The molecular weight excluding hydrogens is 433 g/mol. The van der Waals surface area contributed by atoms with Crippen LogP contribution in [0.3, 0.4) is 0 Å². The minimum absolute atomic E-state index is 0.0154. The van der Waals surface area contributed by atoms with Crippen LogP contribution in [0.2, 0.25) is 0 Å². The fraction of sp³-hybridized carbons (Fsp3) is 0.259. The highest BCUT2D eigenvalue weighted by Crippen LogP contribution is 2.30. The van der Waals surface area contributed by atoms with Crippen LogP contribution in [0.15, 0.2) is 66.9 Å². The number of carbonyl (C=O) groups is 1. The minimum Gasteiger partial charge on any atom is -0.484 e. The van der Waals surface area contributed by atoms with E-state index in [0.29, 0.717) is 5.75 Å². The van der Waals surface area contributed by atoms with Crippen LogP contribution in [0, 0.1) is 19.7 Å². The number of carbonyl (C=O) groups excluding carboxylic acids is 1. The lowest BCUT2D eigenvalue weighted by atomic mass is 9.98. The molecule has 34 heavy (non-hydrogen) atoms. The number of rotatable bonds is 8. The van der Waals surface area contributed by atoms with Gasteiger partial charge in [0.1, 0.15) is 24.3 Å². The third-order valence-corrected chi connectivity index (χ3v) is 5.85. The van der Waals surface area contributed by atoms with Crippen LogP contribution in [0.4, 0.5) is 4.39 Å². The molecule has 7 heteroatoms. The Morgan fingerprint density at radius 3 is 2.53 bits per heavy atom.